The molecule has 0 aromatic heterocycles. The molecule has 0 fully saturated rings. The summed E-state index contributed by atoms with van der Waals surface area (Å²) in [6.07, 6.45) is 0.958. The molecule has 0 aromatic rings. The van der Waals surface area contributed by atoms with Crippen LogP contribution in [0.5, 0.6) is 0 Å². The molecule has 2 unspecified atom stereocenters. The number of phosphoric ester groups is 2. The molecular formula is C10H22K2O7P2. The van der Waals surface area contributed by atoms with Gasteiger partial charge < -0.3 is 18.8 Å². The van der Waals surface area contributed by atoms with Crippen LogP contribution >= 0.6 is 15.6 Å². The molecule has 0 saturated carbocycles. The molecule has 116 valence electrons. The van der Waals surface area contributed by atoms with Crippen molar-refractivity contribution in [3.63, 3.8) is 0 Å². The summed E-state index contributed by atoms with van der Waals surface area (Å²) < 4.78 is 35.3. The molecular weight excluding hydrogens is 372 g/mol. The Kier molecular flexibility index (Phi) is 20.5. The number of hydrogen-bond donors (Lipinski definition) is 0. The first-order chi connectivity index (χ1) is 8.54. The minimum Gasteiger partial charge on any atom is -0.756 e. The van der Waals surface area contributed by atoms with E-state index in [4.69, 9.17) is 0 Å². The van der Waals surface area contributed by atoms with Crippen LogP contribution in [0.4, 0.5) is 0 Å². The minimum absolute atomic E-state index is 0. The molecule has 0 aliphatic heterocycles. The SMILES string of the molecule is CC(C)CCOP(=O)([O-])OP(=O)([O-])OCCC(C)C.[K+].[K+]. The van der Waals surface area contributed by atoms with E-state index >= 15 is 0 Å². The van der Waals surface area contributed by atoms with Gasteiger partial charge in [-0.3, -0.25) is 9.13 Å². The van der Waals surface area contributed by atoms with Crippen molar-refractivity contribution >= 4 is 15.6 Å². The van der Waals surface area contributed by atoms with E-state index in [-0.39, 0.29) is 128 Å². The first-order valence-corrected chi connectivity index (χ1v) is 9.09. The molecule has 0 aliphatic rings. The fraction of sp³-hybridized carbons (Fsp3) is 1.00. The average molecular weight is 394 g/mol. The molecule has 21 heavy (non-hydrogen) atoms. The van der Waals surface area contributed by atoms with Gasteiger partial charge in [-0.25, -0.2) is 4.31 Å². The van der Waals surface area contributed by atoms with Crippen molar-refractivity contribution in [2.75, 3.05) is 13.2 Å². The molecule has 0 aliphatic carbocycles. The van der Waals surface area contributed by atoms with Crippen LogP contribution in [0.15, 0.2) is 0 Å². The van der Waals surface area contributed by atoms with Gasteiger partial charge in [0.1, 0.15) is 0 Å². The van der Waals surface area contributed by atoms with E-state index in [0.29, 0.717) is 12.8 Å². The maximum atomic E-state index is 11.3. The van der Waals surface area contributed by atoms with Gasteiger partial charge in [0.05, 0.1) is 13.2 Å². The van der Waals surface area contributed by atoms with Crippen molar-refractivity contribution in [3.8, 4) is 0 Å². The molecule has 0 rings (SSSR count). The number of phosphoric acid groups is 2. The molecule has 0 N–H and O–H groups in total. The Morgan fingerprint density at radius 3 is 1.33 bits per heavy atom. The van der Waals surface area contributed by atoms with E-state index in [2.05, 4.69) is 13.4 Å². The van der Waals surface area contributed by atoms with Crippen LogP contribution in [-0.2, 0) is 22.5 Å². The van der Waals surface area contributed by atoms with Gasteiger partial charge in [0, 0.05) is 0 Å². The Hall–Kier alpha value is 3.53. The van der Waals surface area contributed by atoms with Crippen molar-refractivity contribution < 1.29 is 135 Å². The largest absolute Gasteiger partial charge is 1.00 e. The van der Waals surface area contributed by atoms with Crippen LogP contribution < -0.4 is 113 Å². The van der Waals surface area contributed by atoms with E-state index in [1.54, 1.807) is 0 Å². The van der Waals surface area contributed by atoms with Crippen molar-refractivity contribution in [3.05, 3.63) is 0 Å². The van der Waals surface area contributed by atoms with Gasteiger partial charge in [0.15, 0.2) is 0 Å². The van der Waals surface area contributed by atoms with Crippen molar-refractivity contribution in [1.29, 1.82) is 0 Å². The van der Waals surface area contributed by atoms with Gasteiger partial charge in [-0.2, -0.15) is 0 Å². The van der Waals surface area contributed by atoms with E-state index in [1.807, 2.05) is 27.7 Å². The summed E-state index contributed by atoms with van der Waals surface area (Å²) in [7, 11) is -9.77. The summed E-state index contributed by atoms with van der Waals surface area (Å²) in [6.45, 7) is 7.29. The molecule has 2 atom stereocenters. The Morgan fingerprint density at radius 1 is 0.810 bits per heavy atom. The van der Waals surface area contributed by atoms with E-state index in [9.17, 15) is 18.9 Å². The van der Waals surface area contributed by atoms with Crippen molar-refractivity contribution in [2.24, 2.45) is 11.8 Å². The molecule has 0 heterocycles. The number of rotatable bonds is 10. The second-order valence-electron chi connectivity index (χ2n) is 5.01. The van der Waals surface area contributed by atoms with Gasteiger partial charge in [0.25, 0.3) is 15.6 Å². The van der Waals surface area contributed by atoms with E-state index in [1.165, 1.54) is 0 Å². The summed E-state index contributed by atoms with van der Waals surface area (Å²) in [4.78, 5) is 22.5. The van der Waals surface area contributed by atoms with Crippen LogP contribution in [-0.4, -0.2) is 13.2 Å². The second kappa shape index (κ2) is 14.7. The van der Waals surface area contributed by atoms with Gasteiger partial charge in [-0.15, -0.1) is 0 Å². The van der Waals surface area contributed by atoms with Crippen LogP contribution in [0, 0.1) is 11.8 Å². The summed E-state index contributed by atoms with van der Waals surface area (Å²) in [5.74, 6) is 0.475. The van der Waals surface area contributed by atoms with E-state index < -0.39 is 15.6 Å². The maximum Gasteiger partial charge on any atom is 1.00 e. The topological polar surface area (TPSA) is 108 Å². The molecule has 0 aromatic carbocycles. The molecule has 0 radical (unpaired) electrons. The summed E-state index contributed by atoms with van der Waals surface area (Å²) in [6, 6.07) is 0. The van der Waals surface area contributed by atoms with Crippen LogP contribution in [0.2, 0.25) is 0 Å². The second-order valence-corrected chi connectivity index (χ2v) is 7.97. The van der Waals surface area contributed by atoms with Gasteiger partial charge in [-0.05, 0) is 24.7 Å². The smallest absolute Gasteiger partial charge is 0.756 e. The Morgan fingerprint density at radius 2 is 1.10 bits per heavy atom. The number of hydrogen-bond acceptors (Lipinski definition) is 7. The normalized spacial score (nSPS) is 16.8. The van der Waals surface area contributed by atoms with Gasteiger partial charge in [0.2, 0.25) is 0 Å². The monoisotopic (exact) mass is 394 g/mol. The molecule has 0 amide bonds. The zero-order valence-electron chi connectivity index (χ0n) is 13.7. The summed E-state index contributed by atoms with van der Waals surface area (Å²) in [5.41, 5.74) is 0. The summed E-state index contributed by atoms with van der Waals surface area (Å²) in [5, 5.41) is 0. The van der Waals surface area contributed by atoms with Crippen LogP contribution in [0.25, 0.3) is 0 Å². The third kappa shape index (κ3) is 19.7. The first kappa shape index (κ1) is 29.3. The fourth-order valence-corrected chi connectivity index (χ4v) is 2.98. The first-order valence-electron chi connectivity index (χ1n) is 6.16. The Balaban J connectivity index is -0.00000162. The quantitative estimate of drug-likeness (QED) is 0.275. The zero-order chi connectivity index (χ0) is 15.1. The Bertz CT molecular complexity index is 320. The van der Waals surface area contributed by atoms with Crippen LogP contribution in [0.3, 0.4) is 0 Å². The molecule has 0 bridgehead atoms. The average Bonchev–Trinajstić information content (AvgIpc) is 2.12. The maximum absolute atomic E-state index is 11.3. The molecule has 11 heteroatoms. The predicted octanol–water partition coefficient (Wildman–Crippen LogP) is -3.93. The molecule has 7 nitrogen and oxygen atoms in total. The third-order valence-electron chi connectivity index (χ3n) is 2.09. The molecule has 0 saturated heterocycles. The van der Waals surface area contributed by atoms with E-state index in [0.717, 1.165) is 0 Å². The fourth-order valence-electron chi connectivity index (χ4n) is 0.970. The summed E-state index contributed by atoms with van der Waals surface area (Å²) >= 11 is 0. The van der Waals surface area contributed by atoms with Crippen molar-refractivity contribution in [2.45, 2.75) is 40.5 Å². The molecule has 0 spiro atoms. The van der Waals surface area contributed by atoms with Gasteiger partial charge in [-0.1, -0.05) is 27.7 Å². The zero-order valence-corrected chi connectivity index (χ0v) is 21.8. The minimum atomic E-state index is -4.88. The predicted molar refractivity (Wildman–Crippen MR) is 67.1 cm³/mol. The van der Waals surface area contributed by atoms with Gasteiger partial charge >= 0.3 is 103 Å². The van der Waals surface area contributed by atoms with Crippen LogP contribution in [0.1, 0.15) is 40.5 Å². The third-order valence-corrected chi connectivity index (χ3v) is 4.69. The Labute approximate surface area is 212 Å². The van der Waals surface area contributed by atoms with Crippen molar-refractivity contribution in [1.82, 2.24) is 0 Å². The standard InChI is InChI=1S/C10H24O7P2.2K/c1-9(2)5-7-15-18(11,12)17-19(13,14)16-8-6-10(3)4;;/h9-10H,5-8H2,1-4H3,(H,11,12)(H,13,14);;/q;2*+1/p-2.